The number of halogens is 3. The largest absolute Gasteiger partial charge is 0.310 e. The van der Waals surface area contributed by atoms with Gasteiger partial charge in [0.05, 0.1) is 20.0 Å². The molecule has 1 heterocycles. The van der Waals surface area contributed by atoms with Crippen LogP contribution >= 0.6 is 46.8 Å². The van der Waals surface area contributed by atoms with Crippen molar-refractivity contribution in [3.63, 3.8) is 0 Å². The van der Waals surface area contributed by atoms with Crippen molar-refractivity contribution in [2.45, 2.75) is 4.90 Å². The van der Waals surface area contributed by atoms with Gasteiger partial charge in [0.2, 0.25) is 0 Å². The zero-order chi connectivity index (χ0) is 13.4. The Hall–Kier alpha value is -0.870. The maximum absolute atomic E-state index is 6.20. The molecule has 0 atom stereocenters. The molecule has 0 fully saturated rings. The van der Waals surface area contributed by atoms with E-state index in [1.807, 2.05) is 30.3 Å². The molecule has 0 aliphatic carbocycles. The molecule has 96 valence electrons. The van der Waals surface area contributed by atoms with E-state index in [-0.39, 0.29) is 0 Å². The average Bonchev–Trinajstić information content (AvgIpc) is 2.46. The number of nitrogens with zero attached hydrogens (tertiary/aromatic N) is 1. The molecule has 0 amide bonds. The van der Waals surface area contributed by atoms with Crippen LogP contribution in [-0.4, -0.2) is 5.84 Å². The Morgan fingerprint density at radius 3 is 2.47 bits per heavy atom. The molecule has 2 nitrogen and oxygen atoms in total. The number of aliphatic imine (C=N–C) groups is 1. The molecule has 6 heteroatoms. The van der Waals surface area contributed by atoms with Gasteiger partial charge in [-0.3, -0.25) is 0 Å². The molecule has 0 bridgehead atoms. The molecular weight excluding hydrogens is 323 g/mol. The Bertz CT molecular complexity index is 671. The Morgan fingerprint density at radius 2 is 1.74 bits per heavy atom. The highest BCUT2D eigenvalue weighted by atomic mass is 35.5. The van der Waals surface area contributed by atoms with E-state index in [9.17, 15) is 0 Å². The number of hydrogen-bond donors (Lipinski definition) is 1. The van der Waals surface area contributed by atoms with E-state index in [0.717, 1.165) is 16.3 Å². The van der Waals surface area contributed by atoms with Crippen molar-refractivity contribution in [2.24, 2.45) is 4.99 Å². The van der Waals surface area contributed by atoms with Crippen molar-refractivity contribution >= 4 is 58.3 Å². The summed E-state index contributed by atoms with van der Waals surface area (Å²) in [4.78, 5) is 5.39. The lowest BCUT2D eigenvalue weighted by molar-refractivity contribution is 1.28. The Labute approximate surface area is 129 Å². The van der Waals surface area contributed by atoms with Crippen LogP contribution in [0.25, 0.3) is 0 Å². The Kier molecular flexibility index (Phi) is 3.63. The van der Waals surface area contributed by atoms with Gasteiger partial charge in [0.25, 0.3) is 0 Å². The predicted octanol–water partition coefficient (Wildman–Crippen LogP) is 5.34. The van der Waals surface area contributed by atoms with Gasteiger partial charge in [0, 0.05) is 5.56 Å². The lowest BCUT2D eigenvalue weighted by Gasteiger charge is -2.18. The molecule has 0 radical (unpaired) electrons. The number of benzene rings is 2. The van der Waals surface area contributed by atoms with E-state index in [1.165, 1.54) is 11.9 Å². The van der Waals surface area contributed by atoms with Gasteiger partial charge in [-0.15, -0.1) is 0 Å². The standard InChI is InChI=1S/C13H7Cl3N2S/c14-8-6-9-12(11(16)10(8)15)17-13(18-19-9)7-4-2-1-3-5-7/h1-6H,(H,17,18). The smallest absolute Gasteiger partial charge is 0.144 e. The molecule has 1 aliphatic rings. The van der Waals surface area contributed by atoms with Crippen molar-refractivity contribution in [1.29, 1.82) is 0 Å². The number of fused-ring (bicyclic) bond motifs is 1. The van der Waals surface area contributed by atoms with Crippen LogP contribution in [0.15, 0.2) is 46.3 Å². The second-order valence-corrected chi connectivity index (χ2v) is 5.87. The van der Waals surface area contributed by atoms with E-state index in [4.69, 9.17) is 34.8 Å². The third-order valence-electron chi connectivity index (χ3n) is 2.63. The minimum atomic E-state index is 0.334. The topological polar surface area (TPSA) is 24.4 Å². The predicted molar refractivity (Wildman–Crippen MR) is 83.1 cm³/mol. The number of rotatable bonds is 1. The van der Waals surface area contributed by atoms with Crippen LogP contribution < -0.4 is 4.72 Å². The molecule has 0 saturated heterocycles. The first-order chi connectivity index (χ1) is 9.16. The van der Waals surface area contributed by atoms with E-state index in [1.54, 1.807) is 6.07 Å². The van der Waals surface area contributed by atoms with E-state index in [0.29, 0.717) is 20.8 Å². The van der Waals surface area contributed by atoms with Crippen molar-refractivity contribution < 1.29 is 0 Å². The van der Waals surface area contributed by atoms with Crippen molar-refractivity contribution in [3.8, 4) is 0 Å². The highest BCUT2D eigenvalue weighted by Gasteiger charge is 2.20. The summed E-state index contributed by atoms with van der Waals surface area (Å²) in [6.07, 6.45) is 0. The fraction of sp³-hybridized carbons (Fsp3) is 0. The fourth-order valence-electron chi connectivity index (χ4n) is 1.70. The number of nitrogens with one attached hydrogen (secondary N) is 1. The molecule has 0 saturated carbocycles. The van der Waals surface area contributed by atoms with Gasteiger partial charge in [0.1, 0.15) is 11.5 Å². The van der Waals surface area contributed by atoms with Crippen LogP contribution in [-0.2, 0) is 0 Å². The Balaban J connectivity index is 2.13. The van der Waals surface area contributed by atoms with Gasteiger partial charge in [-0.2, -0.15) is 0 Å². The lowest BCUT2D eigenvalue weighted by atomic mass is 10.2. The molecule has 19 heavy (non-hydrogen) atoms. The van der Waals surface area contributed by atoms with E-state index >= 15 is 0 Å². The maximum atomic E-state index is 6.20. The Morgan fingerprint density at radius 1 is 1.00 bits per heavy atom. The van der Waals surface area contributed by atoms with Crippen LogP contribution in [0.5, 0.6) is 0 Å². The van der Waals surface area contributed by atoms with Gasteiger partial charge in [-0.25, -0.2) is 4.99 Å². The highest BCUT2D eigenvalue weighted by molar-refractivity contribution is 7.98. The molecule has 1 aliphatic heterocycles. The zero-order valence-corrected chi connectivity index (χ0v) is 12.5. The minimum absolute atomic E-state index is 0.334. The SMILES string of the molecule is Clc1cc2c(c(Cl)c1Cl)N=C(c1ccccc1)NS2. The molecule has 0 unspecified atom stereocenters. The van der Waals surface area contributed by atoms with Crippen LogP contribution in [0.3, 0.4) is 0 Å². The second kappa shape index (κ2) is 5.25. The zero-order valence-electron chi connectivity index (χ0n) is 9.45. The first kappa shape index (κ1) is 13.1. The normalized spacial score (nSPS) is 13.5. The summed E-state index contributed by atoms with van der Waals surface area (Å²) >= 11 is 19.7. The monoisotopic (exact) mass is 328 g/mol. The third-order valence-corrected chi connectivity index (χ3v) is 4.71. The molecule has 2 aromatic rings. The van der Waals surface area contributed by atoms with E-state index in [2.05, 4.69) is 9.71 Å². The van der Waals surface area contributed by atoms with Gasteiger partial charge in [-0.1, -0.05) is 65.1 Å². The van der Waals surface area contributed by atoms with Gasteiger partial charge >= 0.3 is 0 Å². The average molecular weight is 330 g/mol. The lowest BCUT2D eigenvalue weighted by Crippen LogP contribution is -2.19. The summed E-state index contributed by atoms with van der Waals surface area (Å²) in [7, 11) is 0. The van der Waals surface area contributed by atoms with Crippen LogP contribution in [0.2, 0.25) is 15.1 Å². The third kappa shape index (κ3) is 2.43. The summed E-state index contributed by atoms with van der Waals surface area (Å²) in [5.41, 5.74) is 1.64. The first-order valence-corrected chi connectivity index (χ1v) is 7.36. The molecule has 0 aromatic heterocycles. The summed E-state index contributed by atoms with van der Waals surface area (Å²) in [6, 6.07) is 11.6. The van der Waals surface area contributed by atoms with Crippen molar-refractivity contribution in [1.82, 2.24) is 4.72 Å². The fourth-order valence-corrected chi connectivity index (χ4v) is 3.26. The molecule has 3 rings (SSSR count). The summed E-state index contributed by atoms with van der Waals surface area (Å²) in [6.45, 7) is 0. The molecule has 1 N–H and O–H groups in total. The first-order valence-electron chi connectivity index (χ1n) is 5.41. The second-order valence-electron chi connectivity index (χ2n) is 3.86. The van der Waals surface area contributed by atoms with Crippen LogP contribution in [0.4, 0.5) is 5.69 Å². The summed E-state index contributed by atoms with van der Waals surface area (Å²) in [5.74, 6) is 0.749. The van der Waals surface area contributed by atoms with Crippen molar-refractivity contribution in [2.75, 3.05) is 0 Å². The van der Waals surface area contributed by atoms with Gasteiger partial charge < -0.3 is 4.72 Å². The highest BCUT2D eigenvalue weighted by Crippen LogP contribution is 2.45. The van der Waals surface area contributed by atoms with Crippen molar-refractivity contribution in [3.05, 3.63) is 57.0 Å². The summed E-state index contributed by atoms with van der Waals surface area (Å²) < 4.78 is 3.17. The van der Waals surface area contributed by atoms with E-state index < -0.39 is 0 Å². The number of hydrogen-bond acceptors (Lipinski definition) is 3. The molecular formula is C13H7Cl3N2S. The quantitative estimate of drug-likeness (QED) is 0.564. The van der Waals surface area contributed by atoms with Crippen LogP contribution in [0.1, 0.15) is 5.56 Å². The summed E-state index contributed by atoms with van der Waals surface area (Å²) in [5, 5.41) is 1.14. The van der Waals surface area contributed by atoms with Gasteiger partial charge in [0.15, 0.2) is 0 Å². The van der Waals surface area contributed by atoms with Crippen LogP contribution in [0, 0.1) is 0 Å². The molecule has 2 aromatic carbocycles. The molecule has 0 spiro atoms. The van der Waals surface area contributed by atoms with Gasteiger partial charge in [-0.05, 0) is 18.0 Å². The maximum Gasteiger partial charge on any atom is 0.144 e. The minimum Gasteiger partial charge on any atom is -0.310 e. The number of amidine groups is 1.